The lowest BCUT2D eigenvalue weighted by molar-refractivity contribution is -0.385. The maximum absolute atomic E-state index is 12.5. The highest BCUT2D eigenvalue weighted by Crippen LogP contribution is 2.31. The maximum atomic E-state index is 12.5. The number of nitrogens with zero attached hydrogens (tertiary/aromatic N) is 2. The fourth-order valence-corrected chi connectivity index (χ4v) is 2.79. The van der Waals surface area contributed by atoms with Gasteiger partial charge in [0.25, 0.3) is 5.91 Å². The molecule has 1 aromatic carbocycles. The van der Waals surface area contributed by atoms with Crippen molar-refractivity contribution in [1.82, 2.24) is 4.90 Å². The first-order chi connectivity index (χ1) is 9.91. The zero-order chi connectivity index (χ0) is 15.6. The van der Waals surface area contributed by atoms with Gasteiger partial charge in [-0.3, -0.25) is 19.7 Å². The minimum atomic E-state index is -1.000. The van der Waals surface area contributed by atoms with E-state index >= 15 is 0 Å². The predicted octanol–water partition coefficient (Wildman–Crippen LogP) is 2.33. The molecule has 1 N–H and O–H groups in total. The smallest absolute Gasteiger partial charge is 0.305 e. The van der Waals surface area contributed by atoms with Gasteiger partial charge in [-0.2, -0.15) is 0 Å². The number of likely N-dealkylation sites (tertiary alicyclic amines) is 1. The van der Waals surface area contributed by atoms with Crippen LogP contribution in [0, 0.1) is 10.1 Å². The Morgan fingerprint density at radius 3 is 2.81 bits per heavy atom. The summed E-state index contributed by atoms with van der Waals surface area (Å²) < 4.78 is 0. The largest absolute Gasteiger partial charge is 0.481 e. The molecule has 0 aliphatic carbocycles. The number of carbonyl (C=O) groups is 2. The number of rotatable bonds is 4. The molecule has 0 radical (unpaired) electrons. The number of carboxylic acids is 1. The fraction of sp³-hybridized carbons (Fsp3) is 0.385. The molecule has 0 saturated carbocycles. The Kier molecular flexibility index (Phi) is 4.42. The van der Waals surface area contributed by atoms with Gasteiger partial charge in [-0.15, -0.1) is 0 Å². The summed E-state index contributed by atoms with van der Waals surface area (Å²) in [6.45, 7) is 0.389. The van der Waals surface area contributed by atoms with Crippen molar-refractivity contribution in [2.45, 2.75) is 25.3 Å². The topological polar surface area (TPSA) is 101 Å². The fourth-order valence-electron chi connectivity index (χ4n) is 2.55. The summed E-state index contributed by atoms with van der Waals surface area (Å²) in [4.78, 5) is 35.1. The summed E-state index contributed by atoms with van der Waals surface area (Å²) in [5.74, 6) is -1.55. The summed E-state index contributed by atoms with van der Waals surface area (Å²) in [5, 5.41) is 19.8. The van der Waals surface area contributed by atoms with Crippen LogP contribution in [0.25, 0.3) is 0 Å². The monoisotopic (exact) mass is 312 g/mol. The third-order valence-corrected chi connectivity index (χ3v) is 3.75. The number of carbonyl (C=O) groups excluding carboxylic acids is 1. The Bertz CT molecular complexity index is 604. The van der Waals surface area contributed by atoms with Crippen LogP contribution in [-0.4, -0.2) is 39.4 Å². The zero-order valence-corrected chi connectivity index (χ0v) is 11.7. The second-order valence-electron chi connectivity index (χ2n) is 4.79. The highest BCUT2D eigenvalue weighted by Gasteiger charge is 2.34. The molecule has 0 bridgehead atoms. The molecule has 8 heteroatoms. The average Bonchev–Trinajstić information content (AvgIpc) is 2.84. The van der Waals surface area contributed by atoms with Crippen molar-refractivity contribution in [3.05, 3.63) is 38.9 Å². The molecule has 2 rings (SSSR count). The highest BCUT2D eigenvalue weighted by atomic mass is 35.5. The summed E-state index contributed by atoms with van der Waals surface area (Å²) in [5.41, 5.74) is -0.546. The second kappa shape index (κ2) is 6.09. The Morgan fingerprint density at radius 1 is 1.48 bits per heavy atom. The normalized spacial score (nSPS) is 17.8. The molecule has 1 amide bonds. The van der Waals surface area contributed by atoms with Gasteiger partial charge in [-0.1, -0.05) is 17.7 Å². The van der Waals surface area contributed by atoms with Gasteiger partial charge in [-0.25, -0.2) is 0 Å². The first kappa shape index (κ1) is 15.2. The first-order valence-corrected chi connectivity index (χ1v) is 6.75. The van der Waals surface area contributed by atoms with Gasteiger partial charge in [0, 0.05) is 12.6 Å². The third-order valence-electron chi connectivity index (χ3n) is 3.45. The molecule has 1 heterocycles. The molecule has 1 aromatic rings. The number of amides is 1. The van der Waals surface area contributed by atoms with E-state index in [9.17, 15) is 19.7 Å². The molecular formula is C13H13ClN2O5. The quantitative estimate of drug-likeness (QED) is 0.679. The second-order valence-corrected chi connectivity index (χ2v) is 5.19. The highest BCUT2D eigenvalue weighted by molar-refractivity contribution is 6.33. The number of benzene rings is 1. The number of hydrogen-bond acceptors (Lipinski definition) is 4. The van der Waals surface area contributed by atoms with Crippen molar-refractivity contribution in [3.8, 4) is 0 Å². The summed E-state index contributed by atoms with van der Waals surface area (Å²) in [6, 6.07) is 3.70. The van der Waals surface area contributed by atoms with Gasteiger partial charge >= 0.3 is 11.7 Å². The number of hydrogen-bond donors (Lipinski definition) is 1. The number of nitro benzene ring substituents is 1. The van der Waals surface area contributed by atoms with E-state index in [2.05, 4.69) is 0 Å². The van der Waals surface area contributed by atoms with Gasteiger partial charge in [0.2, 0.25) is 0 Å². The molecule has 1 fully saturated rings. The van der Waals surface area contributed by atoms with Crippen molar-refractivity contribution < 1.29 is 19.6 Å². The van der Waals surface area contributed by atoms with E-state index in [0.29, 0.717) is 19.4 Å². The minimum absolute atomic E-state index is 0.107. The van der Waals surface area contributed by atoms with Crippen LogP contribution in [0.15, 0.2) is 18.2 Å². The van der Waals surface area contributed by atoms with Gasteiger partial charge < -0.3 is 10.0 Å². The number of halogens is 1. The number of nitro groups is 1. The molecule has 1 aliphatic rings. The van der Waals surface area contributed by atoms with E-state index in [1.54, 1.807) is 0 Å². The molecule has 0 spiro atoms. The van der Waals surface area contributed by atoms with Crippen molar-refractivity contribution in [1.29, 1.82) is 0 Å². The van der Waals surface area contributed by atoms with Gasteiger partial charge in [-0.05, 0) is 25.0 Å². The lowest BCUT2D eigenvalue weighted by atomic mass is 10.1. The lowest BCUT2D eigenvalue weighted by Crippen LogP contribution is -2.37. The van der Waals surface area contributed by atoms with E-state index in [4.69, 9.17) is 16.7 Å². The average molecular weight is 313 g/mol. The number of aliphatic carboxylic acids is 1. The van der Waals surface area contributed by atoms with E-state index in [0.717, 1.165) is 0 Å². The van der Waals surface area contributed by atoms with E-state index in [-0.39, 0.29) is 17.0 Å². The lowest BCUT2D eigenvalue weighted by Gasteiger charge is -2.23. The molecule has 21 heavy (non-hydrogen) atoms. The molecule has 1 aliphatic heterocycles. The number of para-hydroxylation sites is 1. The van der Waals surface area contributed by atoms with Gasteiger partial charge in [0.05, 0.1) is 11.3 Å². The van der Waals surface area contributed by atoms with Crippen LogP contribution in [0.3, 0.4) is 0 Å². The SMILES string of the molecule is O=C(O)CC1CCCN1C(=O)c1cccc(Cl)c1[N+](=O)[O-]. The maximum Gasteiger partial charge on any atom is 0.305 e. The molecule has 1 atom stereocenters. The minimum Gasteiger partial charge on any atom is -0.481 e. The third kappa shape index (κ3) is 3.13. The Hall–Kier alpha value is -2.15. The van der Waals surface area contributed by atoms with Crippen LogP contribution in [0.2, 0.25) is 5.02 Å². The van der Waals surface area contributed by atoms with Crippen LogP contribution in [-0.2, 0) is 4.79 Å². The van der Waals surface area contributed by atoms with Gasteiger partial charge in [0.1, 0.15) is 10.6 Å². The molecule has 112 valence electrons. The van der Waals surface area contributed by atoms with Crippen molar-refractivity contribution in [3.63, 3.8) is 0 Å². The van der Waals surface area contributed by atoms with Gasteiger partial charge in [0.15, 0.2) is 0 Å². The Balaban J connectivity index is 2.34. The van der Waals surface area contributed by atoms with Crippen LogP contribution in [0.1, 0.15) is 29.6 Å². The molecule has 7 nitrogen and oxygen atoms in total. The molecule has 1 saturated heterocycles. The van der Waals surface area contributed by atoms with Crippen molar-refractivity contribution >= 4 is 29.2 Å². The summed E-state index contributed by atoms with van der Waals surface area (Å²) in [6.07, 6.45) is 1.09. The van der Waals surface area contributed by atoms with E-state index in [1.165, 1.54) is 23.1 Å². The van der Waals surface area contributed by atoms with E-state index in [1.807, 2.05) is 0 Å². The van der Waals surface area contributed by atoms with Crippen LogP contribution in [0.4, 0.5) is 5.69 Å². The van der Waals surface area contributed by atoms with Crippen molar-refractivity contribution in [2.24, 2.45) is 0 Å². The predicted molar refractivity (Wildman–Crippen MR) is 74.4 cm³/mol. The standard InChI is InChI=1S/C13H13ClN2O5/c14-10-5-1-4-9(12(10)16(20)21)13(19)15-6-2-3-8(15)7-11(17)18/h1,4-5,8H,2-3,6-7H2,(H,17,18). The molecule has 0 aromatic heterocycles. The Morgan fingerprint density at radius 2 is 2.19 bits per heavy atom. The zero-order valence-electron chi connectivity index (χ0n) is 11.0. The van der Waals surface area contributed by atoms with Crippen LogP contribution in [0.5, 0.6) is 0 Å². The van der Waals surface area contributed by atoms with Crippen LogP contribution < -0.4 is 0 Å². The molecular weight excluding hydrogens is 300 g/mol. The first-order valence-electron chi connectivity index (χ1n) is 6.37. The van der Waals surface area contributed by atoms with Crippen LogP contribution >= 0.6 is 11.6 Å². The van der Waals surface area contributed by atoms with Crippen molar-refractivity contribution in [2.75, 3.05) is 6.54 Å². The van der Waals surface area contributed by atoms with E-state index < -0.39 is 28.5 Å². The number of carboxylic acid groups (broad SMARTS) is 1. The summed E-state index contributed by atoms with van der Waals surface area (Å²) >= 11 is 5.79. The Labute approximate surface area is 125 Å². The summed E-state index contributed by atoms with van der Waals surface area (Å²) in [7, 11) is 0. The molecule has 1 unspecified atom stereocenters.